The predicted molar refractivity (Wildman–Crippen MR) is 111 cm³/mol. The third-order valence-electron chi connectivity index (χ3n) is 5.05. The SMILES string of the molecule is CCC#CC[C@H](C)[C@@H](O)C=C[C@H]1CCC(=O)N1CCCCCCC(=O)OCC. The molecule has 158 valence electrons. The largest absolute Gasteiger partial charge is 0.466 e. The summed E-state index contributed by atoms with van der Waals surface area (Å²) >= 11 is 0. The van der Waals surface area contributed by atoms with Crippen molar-refractivity contribution < 1.29 is 19.4 Å². The van der Waals surface area contributed by atoms with Gasteiger partial charge in [-0.3, -0.25) is 9.59 Å². The molecule has 0 bridgehead atoms. The van der Waals surface area contributed by atoms with Gasteiger partial charge in [0.15, 0.2) is 0 Å². The smallest absolute Gasteiger partial charge is 0.305 e. The molecule has 0 unspecified atom stereocenters. The van der Waals surface area contributed by atoms with Crippen LogP contribution in [0.15, 0.2) is 12.2 Å². The Balaban J connectivity index is 2.34. The van der Waals surface area contributed by atoms with Gasteiger partial charge >= 0.3 is 5.97 Å². The lowest BCUT2D eigenvalue weighted by molar-refractivity contribution is -0.143. The van der Waals surface area contributed by atoms with Crippen LogP contribution < -0.4 is 0 Å². The molecule has 1 rings (SSSR count). The molecule has 0 saturated carbocycles. The van der Waals surface area contributed by atoms with Gasteiger partial charge in [-0.05, 0) is 32.1 Å². The molecule has 1 N–H and O–H groups in total. The lowest BCUT2D eigenvalue weighted by atomic mass is 10.00. The fourth-order valence-corrected chi connectivity index (χ4v) is 3.30. The van der Waals surface area contributed by atoms with Crippen molar-refractivity contribution in [1.29, 1.82) is 0 Å². The highest BCUT2D eigenvalue weighted by atomic mass is 16.5. The number of amides is 1. The highest BCUT2D eigenvalue weighted by Gasteiger charge is 2.28. The summed E-state index contributed by atoms with van der Waals surface area (Å²) < 4.78 is 4.92. The standard InChI is InChI=1S/C23H37NO4/c1-4-6-9-12-19(3)21(25)16-14-20-15-17-22(26)24(20)18-11-8-7-10-13-23(27)28-5-2/h14,16,19-21,25H,4-5,7-8,10-13,15,17-18H2,1-3H3/t19-,20-,21-/m0/s1. The fourth-order valence-electron chi connectivity index (χ4n) is 3.30. The summed E-state index contributed by atoms with van der Waals surface area (Å²) in [4.78, 5) is 25.4. The van der Waals surface area contributed by atoms with E-state index in [2.05, 4.69) is 11.8 Å². The number of aliphatic hydroxyl groups excluding tert-OH is 1. The molecule has 0 radical (unpaired) electrons. The lowest BCUT2D eigenvalue weighted by Crippen LogP contribution is -2.33. The third kappa shape index (κ3) is 9.41. The number of nitrogens with zero attached hydrogens (tertiary/aromatic N) is 1. The predicted octanol–water partition coefficient (Wildman–Crippen LogP) is 3.85. The number of likely N-dealkylation sites (tertiary alicyclic amines) is 1. The molecule has 0 aromatic carbocycles. The fraction of sp³-hybridized carbons (Fsp3) is 0.739. The zero-order chi connectivity index (χ0) is 20.8. The summed E-state index contributed by atoms with van der Waals surface area (Å²) in [6.45, 7) is 6.99. The van der Waals surface area contributed by atoms with Crippen molar-refractivity contribution in [3.8, 4) is 11.8 Å². The van der Waals surface area contributed by atoms with E-state index in [1.165, 1.54) is 0 Å². The first kappa shape index (κ1) is 24.2. The van der Waals surface area contributed by atoms with Crippen LogP contribution in [0.3, 0.4) is 0 Å². The quantitative estimate of drug-likeness (QED) is 0.237. The number of carbonyl (C=O) groups excluding carboxylic acids is 2. The molecule has 1 heterocycles. The van der Waals surface area contributed by atoms with Crippen molar-refractivity contribution in [2.75, 3.05) is 13.2 Å². The maximum atomic E-state index is 12.2. The van der Waals surface area contributed by atoms with Gasteiger partial charge in [-0.2, -0.15) is 0 Å². The van der Waals surface area contributed by atoms with Crippen LogP contribution in [0.1, 0.15) is 78.6 Å². The lowest BCUT2D eigenvalue weighted by Gasteiger charge is -2.23. The Morgan fingerprint density at radius 2 is 2.04 bits per heavy atom. The number of aliphatic hydroxyl groups is 1. The second-order valence-electron chi connectivity index (χ2n) is 7.43. The van der Waals surface area contributed by atoms with Crippen LogP contribution in [0, 0.1) is 17.8 Å². The Kier molecular flexibility index (Phi) is 12.3. The number of hydrogen-bond acceptors (Lipinski definition) is 4. The molecule has 5 nitrogen and oxygen atoms in total. The first-order chi connectivity index (χ1) is 13.5. The monoisotopic (exact) mass is 391 g/mol. The normalized spacial score (nSPS) is 18.8. The van der Waals surface area contributed by atoms with Crippen LogP contribution in [-0.2, 0) is 14.3 Å². The Hall–Kier alpha value is -1.80. The molecule has 0 aliphatic carbocycles. The van der Waals surface area contributed by atoms with E-state index < -0.39 is 6.10 Å². The molecule has 0 aromatic rings. The molecule has 1 amide bonds. The minimum atomic E-state index is -0.536. The van der Waals surface area contributed by atoms with Crippen LogP contribution in [0.25, 0.3) is 0 Å². The van der Waals surface area contributed by atoms with Crippen LogP contribution in [0.2, 0.25) is 0 Å². The molecule has 5 heteroatoms. The number of carbonyl (C=O) groups is 2. The van der Waals surface area contributed by atoms with Gasteiger partial charge in [0.1, 0.15) is 0 Å². The van der Waals surface area contributed by atoms with E-state index >= 15 is 0 Å². The molecular formula is C23H37NO4. The van der Waals surface area contributed by atoms with Crippen molar-refractivity contribution in [2.24, 2.45) is 5.92 Å². The van der Waals surface area contributed by atoms with E-state index in [-0.39, 0.29) is 23.8 Å². The van der Waals surface area contributed by atoms with Gasteiger partial charge in [-0.1, -0.05) is 38.8 Å². The maximum absolute atomic E-state index is 12.2. The first-order valence-electron chi connectivity index (χ1n) is 10.8. The molecule has 1 fully saturated rings. The maximum Gasteiger partial charge on any atom is 0.305 e. The second kappa shape index (κ2) is 14.2. The average Bonchev–Trinajstić information content (AvgIpc) is 3.02. The molecule has 28 heavy (non-hydrogen) atoms. The van der Waals surface area contributed by atoms with Crippen LogP contribution in [0.4, 0.5) is 0 Å². The van der Waals surface area contributed by atoms with Gasteiger partial charge in [-0.25, -0.2) is 0 Å². The Bertz CT molecular complexity index is 561. The second-order valence-corrected chi connectivity index (χ2v) is 7.43. The van der Waals surface area contributed by atoms with Gasteiger partial charge < -0.3 is 14.7 Å². The molecule has 1 aliphatic heterocycles. The van der Waals surface area contributed by atoms with Gasteiger partial charge in [0.2, 0.25) is 5.91 Å². The number of esters is 1. The van der Waals surface area contributed by atoms with Crippen molar-refractivity contribution in [3.63, 3.8) is 0 Å². The molecule has 1 saturated heterocycles. The van der Waals surface area contributed by atoms with Crippen molar-refractivity contribution in [1.82, 2.24) is 4.90 Å². The first-order valence-corrected chi connectivity index (χ1v) is 10.8. The number of ether oxygens (including phenoxy) is 1. The molecule has 3 atom stereocenters. The summed E-state index contributed by atoms with van der Waals surface area (Å²) in [6, 6.07) is 0.0793. The van der Waals surface area contributed by atoms with Crippen molar-refractivity contribution in [2.45, 2.75) is 90.7 Å². The topological polar surface area (TPSA) is 66.8 Å². The zero-order valence-electron chi connectivity index (χ0n) is 17.8. The highest BCUT2D eigenvalue weighted by Crippen LogP contribution is 2.22. The highest BCUT2D eigenvalue weighted by molar-refractivity contribution is 5.79. The summed E-state index contributed by atoms with van der Waals surface area (Å²) in [7, 11) is 0. The van der Waals surface area contributed by atoms with Gasteiger partial charge in [-0.15, -0.1) is 11.8 Å². The summed E-state index contributed by atoms with van der Waals surface area (Å²) in [5.74, 6) is 6.26. The van der Waals surface area contributed by atoms with Crippen LogP contribution in [0.5, 0.6) is 0 Å². The minimum absolute atomic E-state index is 0.0793. The van der Waals surface area contributed by atoms with Gasteiger partial charge in [0.05, 0.1) is 18.8 Å². The molecule has 0 spiro atoms. The van der Waals surface area contributed by atoms with Crippen LogP contribution >= 0.6 is 0 Å². The summed E-state index contributed by atoms with van der Waals surface area (Å²) in [5, 5.41) is 10.3. The third-order valence-corrected chi connectivity index (χ3v) is 5.05. The molecule has 1 aliphatic rings. The Morgan fingerprint density at radius 3 is 2.75 bits per heavy atom. The summed E-state index contributed by atoms with van der Waals surface area (Å²) in [5.41, 5.74) is 0. The van der Waals surface area contributed by atoms with Gasteiger partial charge in [0.25, 0.3) is 0 Å². The van der Waals surface area contributed by atoms with Crippen molar-refractivity contribution >= 4 is 11.9 Å². The van der Waals surface area contributed by atoms with E-state index in [1.807, 2.05) is 37.8 Å². The van der Waals surface area contributed by atoms with Crippen molar-refractivity contribution in [3.05, 3.63) is 12.2 Å². The van der Waals surface area contributed by atoms with E-state index in [0.29, 0.717) is 25.9 Å². The van der Waals surface area contributed by atoms with E-state index in [0.717, 1.165) is 45.1 Å². The van der Waals surface area contributed by atoms with Gasteiger partial charge in [0, 0.05) is 32.2 Å². The van der Waals surface area contributed by atoms with E-state index in [1.54, 1.807) is 0 Å². The number of rotatable bonds is 12. The molecular weight excluding hydrogens is 354 g/mol. The van der Waals surface area contributed by atoms with Crippen LogP contribution in [-0.4, -0.2) is 47.2 Å². The Morgan fingerprint density at radius 1 is 1.29 bits per heavy atom. The molecule has 0 aromatic heterocycles. The number of hydrogen-bond donors (Lipinski definition) is 1. The average molecular weight is 392 g/mol. The minimum Gasteiger partial charge on any atom is -0.466 e. The zero-order valence-corrected chi connectivity index (χ0v) is 17.8. The number of unbranched alkanes of at least 4 members (excludes halogenated alkanes) is 3. The summed E-state index contributed by atoms with van der Waals surface area (Å²) in [6.07, 6.45) is 10.4. The Labute approximate surface area is 170 Å². The van der Waals surface area contributed by atoms with E-state index in [4.69, 9.17) is 4.74 Å². The van der Waals surface area contributed by atoms with E-state index in [9.17, 15) is 14.7 Å².